The van der Waals surface area contributed by atoms with Crippen LogP contribution in [0.25, 0.3) is 22.0 Å². The molecule has 0 saturated carbocycles. The number of nitrogens with zero attached hydrogens (tertiary/aromatic N) is 1. The van der Waals surface area contributed by atoms with E-state index in [1.165, 1.54) is 11.1 Å². The third-order valence-electron chi connectivity index (χ3n) is 3.70. The lowest BCUT2D eigenvalue weighted by molar-refractivity contribution is 0.818. The Morgan fingerprint density at radius 3 is 2.26 bits per heavy atom. The topological polar surface area (TPSA) is 50.9 Å². The average Bonchev–Trinajstić information content (AvgIpc) is 2.47. The van der Waals surface area contributed by atoms with Crippen LogP contribution in [0.2, 0.25) is 0 Å². The van der Waals surface area contributed by atoms with E-state index in [0.717, 1.165) is 28.6 Å². The van der Waals surface area contributed by atoms with Crippen LogP contribution in [0.1, 0.15) is 11.1 Å². The maximum absolute atomic E-state index is 5.85. The van der Waals surface area contributed by atoms with Crippen molar-refractivity contribution in [1.82, 2.24) is 10.3 Å². The minimum Gasteiger partial charge on any atom is -0.384 e. The van der Waals surface area contributed by atoms with Gasteiger partial charge in [0.05, 0.1) is 5.52 Å². The molecule has 3 rings (SSSR count). The van der Waals surface area contributed by atoms with Gasteiger partial charge in [-0.2, -0.15) is 0 Å². The standard InChI is InChI=1S/C18H19N3.2ClH/c1-12-9-18(19)21-17-10-15(7-8-16(12)17)14-5-3-13(4-6-14)11-20-2;;/h3-10,20H,11H2,1-2H3,(H2,19,21);2*1H. The summed E-state index contributed by atoms with van der Waals surface area (Å²) in [4.78, 5) is 4.44. The first-order chi connectivity index (χ1) is 10.2. The zero-order valence-electron chi connectivity index (χ0n) is 13.2. The van der Waals surface area contributed by atoms with Gasteiger partial charge in [-0.3, -0.25) is 0 Å². The summed E-state index contributed by atoms with van der Waals surface area (Å²) in [5.41, 5.74) is 11.6. The van der Waals surface area contributed by atoms with E-state index in [1.807, 2.05) is 13.1 Å². The van der Waals surface area contributed by atoms with E-state index >= 15 is 0 Å². The van der Waals surface area contributed by atoms with Crippen LogP contribution < -0.4 is 11.1 Å². The SMILES string of the molecule is CNCc1ccc(-c2ccc3c(C)cc(N)nc3c2)cc1.Cl.Cl. The van der Waals surface area contributed by atoms with Crippen molar-refractivity contribution in [3.63, 3.8) is 0 Å². The molecule has 0 radical (unpaired) electrons. The second-order valence-electron chi connectivity index (χ2n) is 5.32. The molecule has 0 fully saturated rings. The van der Waals surface area contributed by atoms with E-state index in [2.05, 4.69) is 59.7 Å². The highest BCUT2D eigenvalue weighted by Gasteiger charge is 2.04. The Bertz CT molecular complexity index is 786. The molecule has 3 N–H and O–H groups in total. The number of pyridine rings is 1. The third-order valence-corrected chi connectivity index (χ3v) is 3.70. The second kappa shape index (κ2) is 8.16. The van der Waals surface area contributed by atoms with E-state index in [4.69, 9.17) is 5.73 Å². The number of rotatable bonds is 3. The molecular formula is C18H21Cl2N3. The van der Waals surface area contributed by atoms with Gasteiger partial charge in [0.25, 0.3) is 0 Å². The molecule has 0 spiro atoms. The molecule has 1 heterocycles. The smallest absolute Gasteiger partial charge is 0.124 e. The van der Waals surface area contributed by atoms with E-state index < -0.39 is 0 Å². The van der Waals surface area contributed by atoms with Crippen LogP contribution >= 0.6 is 24.8 Å². The molecule has 1 aromatic heterocycles. The van der Waals surface area contributed by atoms with Crippen LogP contribution in [0.5, 0.6) is 0 Å². The lowest BCUT2D eigenvalue weighted by Crippen LogP contribution is -2.04. The molecular weight excluding hydrogens is 329 g/mol. The molecule has 0 saturated heterocycles. The highest BCUT2D eigenvalue weighted by Crippen LogP contribution is 2.26. The van der Waals surface area contributed by atoms with E-state index in [9.17, 15) is 0 Å². The molecule has 3 aromatic rings. The molecule has 5 heteroatoms. The lowest BCUT2D eigenvalue weighted by atomic mass is 10.0. The van der Waals surface area contributed by atoms with Gasteiger partial charge in [-0.15, -0.1) is 24.8 Å². The van der Waals surface area contributed by atoms with Gasteiger partial charge in [-0.25, -0.2) is 4.98 Å². The number of aromatic nitrogens is 1. The lowest BCUT2D eigenvalue weighted by Gasteiger charge is -2.08. The number of halogens is 2. The van der Waals surface area contributed by atoms with Crippen molar-refractivity contribution in [1.29, 1.82) is 0 Å². The van der Waals surface area contributed by atoms with Crippen molar-refractivity contribution >= 4 is 41.5 Å². The van der Waals surface area contributed by atoms with Crippen molar-refractivity contribution < 1.29 is 0 Å². The first-order valence-corrected chi connectivity index (χ1v) is 7.08. The first-order valence-electron chi connectivity index (χ1n) is 7.08. The fourth-order valence-corrected chi connectivity index (χ4v) is 2.63. The van der Waals surface area contributed by atoms with Crippen molar-refractivity contribution in [2.45, 2.75) is 13.5 Å². The van der Waals surface area contributed by atoms with Crippen molar-refractivity contribution in [3.05, 3.63) is 59.7 Å². The first kappa shape index (κ1) is 19.2. The van der Waals surface area contributed by atoms with Crippen molar-refractivity contribution in [2.75, 3.05) is 12.8 Å². The molecule has 0 unspecified atom stereocenters. The van der Waals surface area contributed by atoms with Gasteiger partial charge < -0.3 is 11.1 Å². The molecule has 0 atom stereocenters. The minimum atomic E-state index is 0. The van der Waals surface area contributed by atoms with Crippen LogP contribution in [0.15, 0.2) is 48.5 Å². The number of aryl methyl sites for hydroxylation is 1. The molecule has 0 aliphatic rings. The summed E-state index contributed by atoms with van der Waals surface area (Å²) in [6, 6.07) is 16.9. The number of hydrogen-bond donors (Lipinski definition) is 2. The van der Waals surface area contributed by atoms with E-state index in [-0.39, 0.29) is 24.8 Å². The monoisotopic (exact) mass is 349 g/mol. The predicted molar refractivity (Wildman–Crippen MR) is 104 cm³/mol. The summed E-state index contributed by atoms with van der Waals surface area (Å²) >= 11 is 0. The highest BCUT2D eigenvalue weighted by molar-refractivity contribution is 5.88. The largest absolute Gasteiger partial charge is 0.384 e. The Morgan fingerprint density at radius 1 is 0.957 bits per heavy atom. The quantitative estimate of drug-likeness (QED) is 0.738. The molecule has 0 aliphatic heterocycles. The van der Waals surface area contributed by atoms with Gasteiger partial charge in [-0.05, 0) is 48.4 Å². The van der Waals surface area contributed by atoms with Crippen LogP contribution in [0.4, 0.5) is 5.82 Å². The highest BCUT2D eigenvalue weighted by atomic mass is 35.5. The van der Waals surface area contributed by atoms with Crippen LogP contribution in [-0.2, 0) is 6.54 Å². The van der Waals surface area contributed by atoms with Gasteiger partial charge >= 0.3 is 0 Å². The molecule has 23 heavy (non-hydrogen) atoms. The van der Waals surface area contributed by atoms with Crippen LogP contribution in [0, 0.1) is 6.92 Å². The second-order valence-corrected chi connectivity index (χ2v) is 5.32. The van der Waals surface area contributed by atoms with E-state index in [0.29, 0.717) is 5.82 Å². The summed E-state index contributed by atoms with van der Waals surface area (Å²) in [5, 5.41) is 4.31. The van der Waals surface area contributed by atoms with Gasteiger partial charge in [0.15, 0.2) is 0 Å². The molecule has 2 aromatic carbocycles. The molecule has 0 bridgehead atoms. The summed E-state index contributed by atoms with van der Waals surface area (Å²) in [7, 11) is 1.95. The number of benzene rings is 2. The van der Waals surface area contributed by atoms with Crippen molar-refractivity contribution in [3.8, 4) is 11.1 Å². The summed E-state index contributed by atoms with van der Waals surface area (Å²) in [6.45, 7) is 2.95. The number of nitrogens with two attached hydrogens (primary N) is 1. The fourth-order valence-electron chi connectivity index (χ4n) is 2.63. The number of anilines is 1. The van der Waals surface area contributed by atoms with Gasteiger partial charge in [-0.1, -0.05) is 36.4 Å². The van der Waals surface area contributed by atoms with Crippen molar-refractivity contribution in [2.24, 2.45) is 0 Å². The number of nitrogen functional groups attached to an aromatic ring is 1. The Morgan fingerprint density at radius 2 is 1.61 bits per heavy atom. The van der Waals surface area contributed by atoms with E-state index in [1.54, 1.807) is 0 Å². The summed E-state index contributed by atoms with van der Waals surface area (Å²) in [6.07, 6.45) is 0. The maximum Gasteiger partial charge on any atom is 0.124 e. The molecule has 0 aliphatic carbocycles. The van der Waals surface area contributed by atoms with Gasteiger partial charge in [0, 0.05) is 11.9 Å². The Balaban J connectivity index is 0.00000132. The number of nitrogens with one attached hydrogen (secondary N) is 1. The summed E-state index contributed by atoms with van der Waals surface area (Å²) in [5.74, 6) is 0.571. The normalized spacial score (nSPS) is 10.0. The maximum atomic E-state index is 5.85. The Labute approximate surface area is 149 Å². The van der Waals surface area contributed by atoms with Gasteiger partial charge in [0.2, 0.25) is 0 Å². The fraction of sp³-hybridized carbons (Fsp3) is 0.167. The average molecular weight is 350 g/mol. The predicted octanol–water partition coefficient (Wildman–Crippen LogP) is 4.36. The zero-order valence-corrected chi connectivity index (χ0v) is 14.8. The molecule has 122 valence electrons. The number of hydrogen-bond acceptors (Lipinski definition) is 3. The minimum absolute atomic E-state index is 0. The molecule has 3 nitrogen and oxygen atoms in total. The van der Waals surface area contributed by atoms with Crippen LogP contribution in [0.3, 0.4) is 0 Å². The van der Waals surface area contributed by atoms with Gasteiger partial charge in [0.1, 0.15) is 5.82 Å². The Hall–Kier alpha value is -1.81. The third kappa shape index (κ3) is 4.14. The summed E-state index contributed by atoms with van der Waals surface area (Å²) < 4.78 is 0. The van der Waals surface area contributed by atoms with Crippen LogP contribution in [-0.4, -0.2) is 12.0 Å². The Kier molecular flexibility index (Phi) is 6.82. The zero-order chi connectivity index (χ0) is 14.8. The molecule has 0 amide bonds. The number of fused-ring (bicyclic) bond motifs is 1.